The number of hydroxylamine groups is 1. The van der Waals surface area contributed by atoms with Gasteiger partial charge in [0.15, 0.2) is 0 Å². The second kappa shape index (κ2) is 7.84. The molecule has 2 aromatic rings. The van der Waals surface area contributed by atoms with E-state index in [0.717, 1.165) is 16.8 Å². The summed E-state index contributed by atoms with van der Waals surface area (Å²) >= 11 is 0. The first kappa shape index (κ1) is 17.7. The van der Waals surface area contributed by atoms with Crippen molar-refractivity contribution in [1.29, 1.82) is 0 Å². The van der Waals surface area contributed by atoms with Gasteiger partial charge < -0.3 is 4.90 Å². The van der Waals surface area contributed by atoms with E-state index in [4.69, 9.17) is 5.21 Å². The number of carbonyl (C=O) groups excluding carboxylic acids is 2. The summed E-state index contributed by atoms with van der Waals surface area (Å²) in [6.07, 6.45) is 2.81. The van der Waals surface area contributed by atoms with Crippen LogP contribution in [0.2, 0.25) is 0 Å². The Morgan fingerprint density at radius 2 is 2.00 bits per heavy atom. The highest BCUT2D eigenvalue weighted by Crippen LogP contribution is 2.26. The third kappa shape index (κ3) is 3.92. The predicted molar refractivity (Wildman–Crippen MR) is 99.7 cm³/mol. The lowest BCUT2D eigenvalue weighted by atomic mass is 10.1. The molecule has 1 fully saturated rings. The molecule has 3 amide bonds. The van der Waals surface area contributed by atoms with Gasteiger partial charge in [0.2, 0.25) is 0 Å². The van der Waals surface area contributed by atoms with E-state index < -0.39 is 5.91 Å². The molecule has 3 rings (SSSR count). The van der Waals surface area contributed by atoms with Crippen molar-refractivity contribution in [3.05, 3.63) is 71.3 Å². The number of aryl methyl sites for hydroxylation is 1. The van der Waals surface area contributed by atoms with E-state index in [9.17, 15) is 9.59 Å². The van der Waals surface area contributed by atoms with E-state index in [0.29, 0.717) is 19.6 Å². The third-order valence-electron chi connectivity index (χ3n) is 4.30. The maximum Gasteiger partial charge on any atom is 0.324 e. The smallest absolute Gasteiger partial charge is 0.318 e. The normalized spacial score (nSPS) is 14.3. The summed E-state index contributed by atoms with van der Waals surface area (Å²) in [6, 6.07) is 15.5. The molecule has 0 bridgehead atoms. The van der Waals surface area contributed by atoms with Gasteiger partial charge in [0, 0.05) is 25.7 Å². The van der Waals surface area contributed by atoms with E-state index in [1.807, 2.05) is 54.3 Å². The fourth-order valence-electron chi connectivity index (χ4n) is 3.06. The van der Waals surface area contributed by atoms with Crippen molar-refractivity contribution in [2.45, 2.75) is 13.5 Å². The second-order valence-electron chi connectivity index (χ2n) is 6.21. The highest BCUT2D eigenvalue weighted by molar-refractivity contribution is 5.98. The van der Waals surface area contributed by atoms with Gasteiger partial charge in [-0.15, -0.1) is 0 Å². The largest absolute Gasteiger partial charge is 0.324 e. The lowest BCUT2D eigenvalue weighted by Gasteiger charge is -2.20. The molecular weight excluding hydrogens is 330 g/mol. The van der Waals surface area contributed by atoms with Crippen molar-refractivity contribution in [2.75, 3.05) is 18.0 Å². The topological polar surface area (TPSA) is 72.9 Å². The number of hydrogen-bond donors (Lipinski definition) is 2. The van der Waals surface area contributed by atoms with Crippen LogP contribution in [0.1, 0.15) is 16.7 Å². The Morgan fingerprint density at radius 3 is 2.77 bits per heavy atom. The number of rotatable bonds is 5. The predicted octanol–water partition coefficient (Wildman–Crippen LogP) is 2.96. The molecule has 6 heteroatoms. The fraction of sp³-hybridized carbons (Fsp3) is 0.200. The lowest BCUT2D eigenvalue weighted by molar-refractivity contribution is -0.124. The number of anilines is 1. The van der Waals surface area contributed by atoms with Gasteiger partial charge in [-0.3, -0.25) is 14.9 Å². The molecule has 1 heterocycles. The van der Waals surface area contributed by atoms with Crippen LogP contribution < -0.4 is 10.4 Å². The van der Waals surface area contributed by atoms with Crippen LogP contribution in [-0.4, -0.2) is 35.1 Å². The van der Waals surface area contributed by atoms with Gasteiger partial charge in [0.25, 0.3) is 5.91 Å². The molecule has 1 saturated heterocycles. The number of benzene rings is 2. The molecule has 2 N–H and O–H groups in total. The molecule has 1 aliphatic heterocycles. The third-order valence-corrected chi connectivity index (χ3v) is 4.30. The average Bonchev–Trinajstić information content (AvgIpc) is 3.00. The van der Waals surface area contributed by atoms with Crippen LogP contribution in [0.3, 0.4) is 0 Å². The Bertz CT molecular complexity index is 848. The molecule has 2 aromatic carbocycles. The number of urea groups is 1. The molecule has 0 atom stereocenters. The first-order chi connectivity index (χ1) is 12.6. The maximum absolute atomic E-state index is 12.9. The van der Waals surface area contributed by atoms with E-state index in [-0.39, 0.29) is 6.03 Å². The minimum Gasteiger partial charge on any atom is -0.318 e. The summed E-state index contributed by atoms with van der Waals surface area (Å²) in [7, 11) is 0. The zero-order valence-electron chi connectivity index (χ0n) is 14.6. The van der Waals surface area contributed by atoms with Gasteiger partial charge in [0.1, 0.15) is 0 Å². The molecule has 0 radical (unpaired) electrons. The van der Waals surface area contributed by atoms with Gasteiger partial charge >= 0.3 is 6.03 Å². The van der Waals surface area contributed by atoms with Gasteiger partial charge in [-0.25, -0.2) is 10.3 Å². The molecule has 0 aromatic heterocycles. The van der Waals surface area contributed by atoms with Crippen LogP contribution in [-0.2, 0) is 11.3 Å². The van der Waals surface area contributed by atoms with Crippen LogP contribution >= 0.6 is 0 Å². The lowest BCUT2D eigenvalue weighted by Crippen LogP contribution is -2.31. The summed E-state index contributed by atoms with van der Waals surface area (Å²) in [5.74, 6) is -0.617. The number of nitrogens with zero attached hydrogens (tertiary/aromatic N) is 2. The summed E-state index contributed by atoms with van der Waals surface area (Å²) < 4.78 is 0. The maximum atomic E-state index is 12.9. The Hall–Kier alpha value is -3.12. The van der Waals surface area contributed by atoms with Crippen LogP contribution in [0.15, 0.2) is 54.6 Å². The zero-order valence-corrected chi connectivity index (χ0v) is 14.6. The van der Waals surface area contributed by atoms with Crippen molar-refractivity contribution >= 4 is 23.7 Å². The van der Waals surface area contributed by atoms with Crippen molar-refractivity contribution < 1.29 is 14.8 Å². The Labute approximate surface area is 152 Å². The van der Waals surface area contributed by atoms with E-state index in [1.54, 1.807) is 16.5 Å². The van der Waals surface area contributed by atoms with Crippen LogP contribution in [0, 0.1) is 6.92 Å². The fourth-order valence-corrected chi connectivity index (χ4v) is 3.06. The summed E-state index contributed by atoms with van der Waals surface area (Å²) in [5, 5.41) is 8.61. The van der Waals surface area contributed by atoms with Gasteiger partial charge in [-0.05, 0) is 30.2 Å². The highest BCUT2D eigenvalue weighted by Gasteiger charge is 2.30. The van der Waals surface area contributed by atoms with Gasteiger partial charge in [0.05, 0.1) is 5.69 Å². The van der Waals surface area contributed by atoms with E-state index in [2.05, 4.69) is 6.07 Å². The van der Waals surface area contributed by atoms with Crippen LogP contribution in [0.25, 0.3) is 6.08 Å². The standard InChI is InChI=1S/C20H21N3O3/c1-15-5-4-6-16(13-15)14-22-11-12-23(20(22)25)18-8-3-2-7-17(18)9-10-19(24)21-26/h2-10,13,26H,11-12,14H2,1H3,(H,21,24)/b10-9+. The van der Waals surface area contributed by atoms with Gasteiger partial charge in [-0.2, -0.15) is 0 Å². The molecule has 0 aliphatic carbocycles. The molecule has 0 spiro atoms. The first-order valence-corrected chi connectivity index (χ1v) is 8.41. The number of carbonyl (C=O) groups is 2. The molecule has 1 aliphatic rings. The molecule has 6 nitrogen and oxygen atoms in total. The number of amides is 3. The summed E-state index contributed by atoms with van der Waals surface area (Å²) in [5.41, 5.74) is 5.31. The van der Waals surface area contributed by atoms with E-state index in [1.165, 1.54) is 11.6 Å². The number of para-hydroxylation sites is 1. The molecule has 134 valence electrons. The van der Waals surface area contributed by atoms with Gasteiger partial charge in [-0.1, -0.05) is 48.0 Å². The van der Waals surface area contributed by atoms with Crippen molar-refractivity contribution in [2.24, 2.45) is 0 Å². The van der Waals surface area contributed by atoms with Crippen molar-refractivity contribution in [1.82, 2.24) is 10.4 Å². The van der Waals surface area contributed by atoms with Crippen LogP contribution in [0.4, 0.5) is 10.5 Å². The van der Waals surface area contributed by atoms with Crippen molar-refractivity contribution in [3.63, 3.8) is 0 Å². The molecular formula is C20H21N3O3. The minimum atomic E-state index is -0.617. The van der Waals surface area contributed by atoms with Crippen LogP contribution in [0.5, 0.6) is 0 Å². The second-order valence-corrected chi connectivity index (χ2v) is 6.21. The monoisotopic (exact) mass is 351 g/mol. The summed E-state index contributed by atoms with van der Waals surface area (Å²) in [4.78, 5) is 27.6. The Morgan fingerprint density at radius 1 is 1.19 bits per heavy atom. The quantitative estimate of drug-likeness (QED) is 0.494. The minimum absolute atomic E-state index is 0.0565. The Kier molecular flexibility index (Phi) is 5.34. The number of nitrogens with one attached hydrogen (secondary N) is 1. The molecule has 0 saturated carbocycles. The zero-order chi connectivity index (χ0) is 18.5. The molecule has 0 unspecified atom stereocenters. The number of hydrogen-bond acceptors (Lipinski definition) is 3. The Balaban J connectivity index is 1.78. The molecule has 26 heavy (non-hydrogen) atoms. The highest BCUT2D eigenvalue weighted by atomic mass is 16.5. The first-order valence-electron chi connectivity index (χ1n) is 8.41. The van der Waals surface area contributed by atoms with Crippen molar-refractivity contribution in [3.8, 4) is 0 Å². The summed E-state index contributed by atoms with van der Waals surface area (Å²) in [6.45, 7) is 3.83. The SMILES string of the molecule is Cc1cccc(CN2CCN(c3ccccc3/C=C/C(=O)NO)C2=O)c1. The van der Waals surface area contributed by atoms with E-state index >= 15 is 0 Å². The average molecular weight is 351 g/mol.